The molecule has 1 N–H and O–H groups in total. The summed E-state index contributed by atoms with van der Waals surface area (Å²) in [5.74, 6) is 1.03. The van der Waals surface area contributed by atoms with Crippen molar-refractivity contribution in [3.63, 3.8) is 0 Å². The highest BCUT2D eigenvalue weighted by Gasteiger charge is 2.35. The van der Waals surface area contributed by atoms with Crippen molar-refractivity contribution < 1.29 is 23.8 Å². The normalized spacial score (nSPS) is 14.1. The lowest BCUT2D eigenvalue weighted by atomic mass is 10.0. The van der Waals surface area contributed by atoms with Crippen LogP contribution in [-0.2, 0) is 16.1 Å². The van der Waals surface area contributed by atoms with Crippen LogP contribution in [0.1, 0.15) is 37.3 Å². The number of nitrogens with one attached hydrogen (secondary N) is 1. The van der Waals surface area contributed by atoms with E-state index in [-0.39, 0.29) is 24.4 Å². The number of para-hydroxylation sites is 1. The Kier molecular flexibility index (Phi) is 8.14. The van der Waals surface area contributed by atoms with Gasteiger partial charge in [0.25, 0.3) is 0 Å². The predicted octanol–water partition coefficient (Wildman–Crippen LogP) is 4.29. The molecule has 0 radical (unpaired) electrons. The fourth-order valence-electron chi connectivity index (χ4n) is 5.17. The molecule has 5 rings (SSSR count). The third-order valence-corrected chi connectivity index (χ3v) is 7.22. The molecule has 1 fully saturated rings. The number of aromatic nitrogens is 3. The summed E-state index contributed by atoms with van der Waals surface area (Å²) in [6, 6.07) is 18.8. The summed E-state index contributed by atoms with van der Waals surface area (Å²) in [6.45, 7) is -0.124. The van der Waals surface area contributed by atoms with Crippen molar-refractivity contribution in [2.75, 3.05) is 26.2 Å². The van der Waals surface area contributed by atoms with Gasteiger partial charge in [-0.3, -0.25) is 14.5 Å². The standard InChI is InChI=1S/C30H33N5O5/c1-38-23-14-12-22(13-15-23)35(28(36)19-34-27-11-7-6-10-26(27)32-33-34)29(30(37)31-21-8-4-5-9-21)20-16-24(39-2)18-25(17-20)40-3/h6-7,10-18,21,29H,4-5,8-9,19H2,1-3H3,(H,31,37)/t29-/m1/s1. The van der Waals surface area contributed by atoms with E-state index >= 15 is 0 Å². The smallest absolute Gasteiger partial charge is 0.249 e. The van der Waals surface area contributed by atoms with Gasteiger partial charge in [0.2, 0.25) is 11.8 Å². The lowest BCUT2D eigenvalue weighted by Gasteiger charge is -2.32. The zero-order chi connectivity index (χ0) is 28.1. The van der Waals surface area contributed by atoms with Gasteiger partial charge in [0, 0.05) is 17.8 Å². The number of fused-ring (bicyclic) bond motifs is 1. The molecule has 1 heterocycles. The zero-order valence-electron chi connectivity index (χ0n) is 22.9. The summed E-state index contributed by atoms with van der Waals surface area (Å²) >= 11 is 0. The Hall–Kier alpha value is -4.60. The first-order chi connectivity index (χ1) is 19.5. The topological polar surface area (TPSA) is 108 Å². The second kappa shape index (κ2) is 12.1. The van der Waals surface area contributed by atoms with Crippen molar-refractivity contribution in [3.05, 3.63) is 72.3 Å². The lowest BCUT2D eigenvalue weighted by molar-refractivity contribution is -0.127. The van der Waals surface area contributed by atoms with E-state index in [1.165, 1.54) is 4.90 Å². The van der Waals surface area contributed by atoms with Gasteiger partial charge in [-0.25, -0.2) is 4.68 Å². The number of amides is 2. The van der Waals surface area contributed by atoms with Crippen molar-refractivity contribution in [3.8, 4) is 17.2 Å². The number of hydrogen-bond acceptors (Lipinski definition) is 7. The van der Waals surface area contributed by atoms with Crippen LogP contribution in [0.4, 0.5) is 5.69 Å². The highest BCUT2D eigenvalue weighted by Crippen LogP contribution is 2.34. The number of hydrogen-bond donors (Lipinski definition) is 1. The minimum absolute atomic E-state index is 0.0505. The fraction of sp³-hybridized carbons (Fsp3) is 0.333. The quantitative estimate of drug-likeness (QED) is 0.318. The van der Waals surface area contributed by atoms with Crippen molar-refractivity contribution >= 4 is 28.5 Å². The van der Waals surface area contributed by atoms with Gasteiger partial charge in [-0.2, -0.15) is 0 Å². The molecule has 2 amide bonds. The number of anilines is 1. The average molecular weight is 544 g/mol. The monoisotopic (exact) mass is 543 g/mol. The van der Waals surface area contributed by atoms with Crippen LogP contribution < -0.4 is 24.4 Å². The molecule has 0 bridgehead atoms. The Morgan fingerprint density at radius 1 is 0.925 bits per heavy atom. The molecule has 10 heteroatoms. The van der Waals surface area contributed by atoms with Gasteiger partial charge < -0.3 is 19.5 Å². The molecule has 0 spiro atoms. The minimum Gasteiger partial charge on any atom is -0.497 e. The molecule has 1 saturated carbocycles. The Bertz CT molecular complexity index is 1460. The second-order valence-electron chi connectivity index (χ2n) is 9.74. The molecule has 1 aliphatic carbocycles. The predicted molar refractivity (Wildman–Crippen MR) is 151 cm³/mol. The van der Waals surface area contributed by atoms with E-state index in [1.54, 1.807) is 68.5 Å². The van der Waals surface area contributed by atoms with Crippen molar-refractivity contribution in [1.29, 1.82) is 0 Å². The summed E-state index contributed by atoms with van der Waals surface area (Å²) in [6.07, 6.45) is 3.93. The van der Waals surface area contributed by atoms with Crippen LogP contribution in [-0.4, -0.2) is 54.2 Å². The summed E-state index contributed by atoms with van der Waals surface area (Å²) < 4.78 is 17.9. The molecule has 40 heavy (non-hydrogen) atoms. The Labute approximate surface area is 232 Å². The third-order valence-electron chi connectivity index (χ3n) is 7.22. The average Bonchev–Trinajstić information content (AvgIpc) is 3.65. The van der Waals surface area contributed by atoms with Gasteiger partial charge in [-0.1, -0.05) is 30.2 Å². The van der Waals surface area contributed by atoms with Crippen LogP contribution >= 0.6 is 0 Å². The number of carbonyl (C=O) groups is 2. The SMILES string of the molecule is COc1ccc(N(C(=O)Cn2nnc3ccccc32)[C@@H](C(=O)NC2CCCC2)c2cc(OC)cc(OC)c2)cc1. The van der Waals surface area contributed by atoms with Crippen molar-refractivity contribution in [2.45, 2.75) is 44.3 Å². The van der Waals surface area contributed by atoms with Gasteiger partial charge in [-0.05, 0) is 66.9 Å². The molecular weight excluding hydrogens is 510 g/mol. The summed E-state index contributed by atoms with van der Waals surface area (Å²) in [7, 11) is 4.68. The summed E-state index contributed by atoms with van der Waals surface area (Å²) in [5, 5.41) is 11.6. The molecular formula is C30H33N5O5. The number of methoxy groups -OCH3 is 3. The Morgan fingerprint density at radius 2 is 1.57 bits per heavy atom. The molecule has 0 aliphatic heterocycles. The first-order valence-corrected chi connectivity index (χ1v) is 13.3. The maximum atomic E-state index is 14.2. The third kappa shape index (κ3) is 5.70. The number of benzene rings is 3. The van der Waals surface area contributed by atoms with Gasteiger partial charge in [-0.15, -0.1) is 5.10 Å². The van der Waals surface area contributed by atoms with E-state index in [9.17, 15) is 9.59 Å². The first kappa shape index (κ1) is 27.0. The maximum absolute atomic E-state index is 14.2. The van der Waals surface area contributed by atoms with Crippen LogP contribution in [0.3, 0.4) is 0 Å². The second-order valence-corrected chi connectivity index (χ2v) is 9.74. The number of rotatable bonds is 10. The maximum Gasteiger partial charge on any atom is 0.249 e. The van der Waals surface area contributed by atoms with Gasteiger partial charge in [0.1, 0.15) is 35.4 Å². The minimum atomic E-state index is -1.01. The first-order valence-electron chi connectivity index (χ1n) is 13.3. The summed E-state index contributed by atoms with van der Waals surface area (Å²) in [4.78, 5) is 29.9. The van der Waals surface area contributed by atoms with Crippen LogP contribution in [0.15, 0.2) is 66.7 Å². The van der Waals surface area contributed by atoms with Crippen molar-refractivity contribution in [1.82, 2.24) is 20.3 Å². The van der Waals surface area contributed by atoms with Crippen LogP contribution in [0.25, 0.3) is 11.0 Å². The molecule has 3 aromatic carbocycles. The van der Waals surface area contributed by atoms with Crippen LogP contribution in [0, 0.1) is 0 Å². The van der Waals surface area contributed by atoms with E-state index in [1.807, 2.05) is 24.3 Å². The lowest BCUT2D eigenvalue weighted by Crippen LogP contribution is -2.47. The van der Waals surface area contributed by atoms with E-state index in [0.717, 1.165) is 31.2 Å². The zero-order valence-corrected chi connectivity index (χ0v) is 22.9. The molecule has 0 saturated heterocycles. The van der Waals surface area contributed by atoms with E-state index in [0.29, 0.717) is 34.0 Å². The highest BCUT2D eigenvalue weighted by atomic mass is 16.5. The largest absolute Gasteiger partial charge is 0.497 e. The number of ether oxygens (including phenoxy) is 3. The Morgan fingerprint density at radius 3 is 2.23 bits per heavy atom. The number of carbonyl (C=O) groups excluding carboxylic acids is 2. The highest BCUT2D eigenvalue weighted by molar-refractivity contribution is 6.01. The molecule has 0 unspecified atom stereocenters. The number of nitrogens with zero attached hydrogens (tertiary/aromatic N) is 4. The van der Waals surface area contributed by atoms with E-state index in [2.05, 4.69) is 15.6 Å². The van der Waals surface area contributed by atoms with Crippen LogP contribution in [0.2, 0.25) is 0 Å². The summed E-state index contributed by atoms with van der Waals surface area (Å²) in [5.41, 5.74) is 2.49. The van der Waals surface area contributed by atoms with Crippen LogP contribution in [0.5, 0.6) is 17.2 Å². The fourth-order valence-corrected chi connectivity index (χ4v) is 5.17. The van der Waals surface area contributed by atoms with E-state index < -0.39 is 6.04 Å². The van der Waals surface area contributed by atoms with Gasteiger partial charge >= 0.3 is 0 Å². The molecule has 208 valence electrons. The molecule has 10 nitrogen and oxygen atoms in total. The van der Waals surface area contributed by atoms with Gasteiger partial charge in [0.05, 0.1) is 26.8 Å². The van der Waals surface area contributed by atoms with E-state index in [4.69, 9.17) is 14.2 Å². The molecule has 4 aromatic rings. The molecule has 1 aliphatic rings. The Balaban J connectivity index is 1.62. The van der Waals surface area contributed by atoms with Gasteiger partial charge in [0.15, 0.2) is 0 Å². The van der Waals surface area contributed by atoms with Crippen molar-refractivity contribution in [2.24, 2.45) is 0 Å². The molecule has 1 atom stereocenters. The molecule has 1 aromatic heterocycles.